The number of oxazole rings is 1. The Morgan fingerprint density at radius 3 is 2.67 bits per heavy atom. The zero-order chi connectivity index (χ0) is 35.8. The number of amides is 1. The van der Waals surface area contributed by atoms with E-state index in [1.54, 1.807) is 18.3 Å². The van der Waals surface area contributed by atoms with Gasteiger partial charge in [-0.2, -0.15) is 0 Å². The lowest BCUT2D eigenvalue weighted by atomic mass is 9.73. The number of likely N-dealkylation sites (N-methyl/N-ethyl adjacent to an activating group) is 1. The van der Waals surface area contributed by atoms with Gasteiger partial charge >= 0.3 is 4.87 Å². The molecule has 2 atom stereocenters. The summed E-state index contributed by atoms with van der Waals surface area (Å²) >= 11 is 0.962. The quantitative estimate of drug-likeness (QED) is 0.0784. The number of hydrogen-bond acceptors (Lipinski definition) is 10. The number of nitrogens with zero attached hydrogens (tertiary/aromatic N) is 2. The Bertz CT molecular complexity index is 1950. The van der Waals surface area contributed by atoms with Crippen molar-refractivity contribution in [1.29, 1.82) is 0 Å². The number of rotatable bonds is 16. The van der Waals surface area contributed by atoms with Crippen molar-refractivity contribution in [3.63, 3.8) is 0 Å². The average Bonchev–Trinajstić information content (AvgIpc) is 3.80. The Morgan fingerprint density at radius 2 is 1.86 bits per heavy atom. The molecule has 2 heterocycles. The SMILES string of the molecule is CN(CCNC(=O)c1cccc(CCNCC(O)c2ccc(O)c3[nH]c(=O)sc23)c1)CCc1cnc([C@](O)(c2ccccc2)C2CCCCC2)o1. The van der Waals surface area contributed by atoms with E-state index in [2.05, 4.69) is 25.5 Å². The van der Waals surface area contributed by atoms with Crippen LogP contribution in [0.4, 0.5) is 0 Å². The predicted molar refractivity (Wildman–Crippen MR) is 198 cm³/mol. The van der Waals surface area contributed by atoms with E-state index < -0.39 is 11.7 Å². The summed E-state index contributed by atoms with van der Waals surface area (Å²) in [7, 11) is 2.00. The van der Waals surface area contributed by atoms with E-state index in [9.17, 15) is 24.9 Å². The minimum Gasteiger partial charge on any atom is -0.506 e. The molecule has 0 spiro atoms. The number of H-pyrrole nitrogens is 1. The second-order valence-electron chi connectivity index (χ2n) is 13.5. The fourth-order valence-electron chi connectivity index (χ4n) is 6.97. The fraction of sp³-hybridized carbons (Fsp3) is 0.410. The molecule has 5 aromatic rings. The number of aromatic nitrogens is 2. The third-order valence-electron chi connectivity index (χ3n) is 9.87. The van der Waals surface area contributed by atoms with E-state index in [1.807, 2.05) is 55.6 Å². The van der Waals surface area contributed by atoms with Crippen LogP contribution < -0.4 is 15.5 Å². The number of phenolic OH excluding ortho intramolecular Hbond substituents is 1. The van der Waals surface area contributed by atoms with Gasteiger partial charge in [0, 0.05) is 49.6 Å². The van der Waals surface area contributed by atoms with Crippen molar-refractivity contribution >= 4 is 27.5 Å². The second kappa shape index (κ2) is 16.8. The number of nitrogens with one attached hydrogen (secondary N) is 3. The van der Waals surface area contributed by atoms with E-state index in [-0.39, 0.29) is 29.0 Å². The standard InChI is InChI=1S/C39H47N5O6S/c1-44(21-18-30-24-42-37(50-30)39(49,28-11-4-2-5-12-28)29-13-6-3-7-14-29)22-20-41-36(47)27-10-8-9-26(23-27)17-19-40-25-33(46)31-15-16-32(45)34-35(31)51-38(48)43-34/h2,4-5,8-12,15-16,23-24,29,33,40,45-46,49H,3,6-7,13-14,17-22,25H2,1H3,(H,41,47)(H,43,48)/t33?,39-/m0/s1. The number of aliphatic hydroxyl groups is 2. The Kier molecular flexibility index (Phi) is 12.0. The number of benzene rings is 3. The van der Waals surface area contributed by atoms with Crippen LogP contribution in [0.3, 0.4) is 0 Å². The molecule has 1 amide bonds. The van der Waals surface area contributed by atoms with Gasteiger partial charge in [0.25, 0.3) is 5.91 Å². The number of hydrogen-bond donors (Lipinski definition) is 6. The lowest BCUT2D eigenvalue weighted by Gasteiger charge is -2.36. The van der Waals surface area contributed by atoms with Crippen molar-refractivity contribution in [2.24, 2.45) is 5.92 Å². The second-order valence-corrected chi connectivity index (χ2v) is 14.5. The van der Waals surface area contributed by atoms with Gasteiger partial charge in [0.1, 0.15) is 17.0 Å². The summed E-state index contributed by atoms with van der Waals surface area (Å²) in [4.78, 5) is 33.8. The molecule has 0 aliphatic heterocycles. The highest BCUT2D eigenvalue weighted by Crippen LogP contribution is 2.43. The number of aliphatic hydroxyl groups excluding tert-OH is 1. The van der Waals surface area contributed by atoms with Gasteiger partial charge in [0.2, 0.25) is 5.89 Å². The van der Waals surface area contributed by atoms with Gasteiger partial charge < -0.3 is 40.3 Å². The normalized spacial score (nSPS) is 15.6. The topological polar surface area (TPSA) is 164 Å². The first-order chi connectivity index (χ1) is 24.7. The number of carbonyl (C=O) groups is 1. The monoisotopic (exact) mass is 713 g/mol. The third-order valence-corrected chi connectivity index (χ3v) is 10.8. The summed E-state index contributed by atoms with van der Waals surface area (Å²) in [6, 6.07) is 20.4. The van der Waals surface area contributed by atoms with Crippen LogP contribution >= 0.6 is 11.3 Å². The summed E-state index contributed by atoms with van der Waals surface area (Å²) in [6.07, 6.45) is 7.44. The van der Waals surface area contributed by atoms with Crippen molar-refractivity contribution in [1.82, 2.24) is 25.5 Å². The van der Waals surface area contributed by atoms with Crippen LogP contribution in [0.5, 0.6) is 5.75 Å². The van der Waals surface area contributed by atoms with Gasteiger partial charge in [-0.05, 0) is 62.2 Å². The smallest absolute Gasteiger partial charge is 0.305 e. The van der Waals surface area contributed by atoms with Crippen LogP contribution in [0.1, 0.15) is 76.9 Å². The molecule has 1 aliphatic carbocycles. The molecule has 6 N–H and O–H groups in total. The fourth-order valence-corrected chi connectivity index (χ4v) is 7.89. The summed E-state index contributed by atoms with van der Waals surface area (Å²) in [5, 5.41) is 39.1. The largest absolute Gasteiger partial charge is 0.506 e. The number of aromatic hydroxyl groups is 1. The molecular formula is C39H47N5O6S. The molecule has 1 fully saturated rings. The average molecular weight is 714 g/mol. The maximum Gasteiger partial charge on any atom is 0.305 e. The number of carbonyl (C=O) groups excluding carboxylic acids is 1. The van der Waals surface area contributed by atoms with Crippen LogP contribution in [0.2, 0.25) is 0 Å². The van der Waals surface area contributed by atoms with Crippen molar-refractivity contribution in [2.75, 3.05) is 39.8 Å². The van der Waals surface area contributed by atoms with Gasteiger partial charge in [0.15, 0.2) is 5.60 Å². The van der Waals surface area contributed by atoms with Crippen molar-refractivity contribution < 1.29 is 24.5 Å². The van der Waals surface area contributed by atoms with Gasteiger partial charge in [-0.1, -0.05) is 79.1 Å². The van der Waals surface area contributed by atoms with Crippen LogP contribution in [0.25, 0.3) is 10.2 Å². The lowest BCUT2D eigenvalue weighted by Crippen LogP contribution is -2.38. The highest BCUT2D eigenvalue weighted by atomic mass is 32.1. The van der Waals surface area contributed by atoms with E-state index in [4.69, 9.17) is 4.42 Å². The third kappa shape index (κ3) is 8.77. The number of fused-ring (bicyclic) bond motifs is 1. The van der Waals surface area contributed by atoms with Crippen LogP contribution in [-0.2, 0) is 18.4 Å². The molecule has 3 aromatic carbocycles. The van der Waals surface area contributed by atoms with Crippen LogP contribution in [0.15, 0.2) is 82.1 Å². The van der Waals surface area contributed by atoms with Crippen molar-refractivity contribution in [3.8, 4) is 5.75 Å². The molecule has 6 rings (SSSR count). The molecular weight excluding hydrogens is 667 g/mol. The van der Waals surface area contributed by atoms with E-state index in [1.165, 1.54) is 12.5 Å². The molecule has 1 unspecified atom stereocenters. The van der Waals surface area contributed by atoms with Crippen LogP contribution in [-0.4, -0.2) is 75.9 Å². The highest BCUT2D eigenvalue weighted by molar-refractivity contribution is 7.16. The Hall–Kier alpha value is -4.33. The first kappa shape index (κ1) is 36.5. The molecule has 270 valence electrons. The Balaban J connectivity index is 0.935. The predicted octanol–water partition coefficient (Wildman–Crippen LogP) is 4.87. The maximum atomic E-state index is 12.9. The number of aromatic amines is 1. The maximum absolute atomic E-state index is 12.9. The zero-order valence-corrected chi connectivity index (χ0v) is 29.8. The van der Waals surface area contributed by atoms with Crippen LogP contribution in [0, 0.1) is 5.92 Å². The summed E-state index contributed by atoms with van der Waals surface area (Å²) in [6.45, 7) is 2.69. The van der Waals surface area contributed by atoms with E-state index in [0.717, 1.165) is 53.9 Å². The van der Waals surface area contributed by atoms with E-state index in [0.29, 0.717) is 66.3 Å². The highest BCUT2D eigenvalue weighted by Gasteiger charge is 2.44. The molecule has 51 heavy (non-hydrogen) atoms. The molecule has 0 saturated heterocycles. The molecule has 2 aromatic heterocycles. The Morgan fingerprint density at radius 1 is 1.06 bits per heavy atom. The minimum absolute atomic E-state index is 0.0243. The Labute approximate surface area is 301 Å². The summed E-state index contributed by atoms with van der Waals surface area (Å²) in [5.41, 5.74) is 2.07. The van der Waals surface area contributed by atoms with Gasteiger partial charge in [0.05, 0.1) is 17.0 Å². The first-order valence-electron chi connectivity index (χ1n) is 17.7. The van der Waals surface area contributed by atoms with Gasteiger partial charge in [-0.15, -0.1) is 0 Å². The van der Waals surface area contributed by atoms with Gasteiger partial charge in [-0.25, -0.2) is 4.98 Å². The van der Waals surface area contributed by atoms with Gasteiger partial charge in [-0.3, -0.25) is 9.59 Å². The lowest BCUT2D eigenvalue weighted by molar-refractivity contribution is -0.0239. The van der Waals surface area contributed by atoms with Crippen molar-refractivity contribution in [2.45, 2.75) is 56.7 Å². The van der Waals surface area contributed by atoms with Crippen molar-refractivity contribution in [3.05, 3.63) is 116 Å². The summed E-state index contributed by atoms with van der Waals surface area (Å²) in [5.74, 6) is 0.993. The molecule has 12 heteroatoms. The molecule has 1 saturated carbocycles. The molecule has 0 radical (unpaired) electrons. The molecule has 0 bridgehead atoms. The number of thiazole rings is 1. The minimum atomic E-state index is -1.25. The molecule has 1 aliphatic rings. The molecule has 11 nitrogen and oxygen atoms in total. The number of phenols is 1. The summed E-state index contributed by atoms with van der Waals surface area (Å²) < 4.78 is 6.76. The zero-order valence-electron chi connectivity index (χ0n) is 28.9. The first-order valence-corrected chi connectivity index (χ1v) is 18.6. The van der Waals surface area contributed by atoms with E-state index >= 15 is 0 Å².